The highest BCUT2D eigenvalue weighted by atomic mass is 35.5. The molecule has 0 atom stereocenters. The van der Waals surface area contributed by atoms with Gasteiger partial charge in [-0.05, 0) is 50.1 Å². The molecule has 0 bridgehead atoms. The molecule has 21 heavy (non-hydrogen) atoms. The monoisotopic (exact) mass is 305 g/mol. The van der Waals surface area contributed by atoms with Gasteiger partial charge in [-0.2, -0.15) is 0 Å². The standard InChI is InChI=1S/C15H16ClN3O2/c1-8-4-12(16)5-9(2)14(8)21-13-7-11(15(17)19-20)6-10(3)18-13/h4-7,20H,1-3H3,(H2,17,19). The van der Waals surface area contributed by atoms with Gasteiger partial charge in [-0.1, -0.05) is 16.8 Å². The van der Waals surface area contributed by atoms with E-state index in [0.717, 1.165) is 11.1 Å². The van der Waals surface area contributed by atoms with Crippen LogP contribution in [-0.4, -0.2) is 16.0 Å². The third-order valence-corrected chi connectivity index (χ3v) is 3.18. The van der Waals surface area contributed by atoms with Gasteiger partial charge in [0.25, 0.3) is 0 Å². The summed E-state index contributed by atoms with van der Waals surface area (Å²) < 4.78 is 5.85. The van der Waals surface area contributed by atoms with E-state index in [2.05, 4.69) is 10.1 Å². The zero-order valence-corrected chi connectivity index (χ0v) is 12.8. The van der Waals surface area contributed by atoms with E-state index in [4.69, 9.17) is 27.3 Å². The number of aryl methyl sites for hydroxylation is 3. The first-order valence-corrected chi connectivity index (χ1v) is 6.69. The van der Waals surface area contributed by atoms with E-state index in [1.807, 2.05) is 32.9 Å². The smallest absolute Gasteiger partial charge is 0.220 e. The number of halogens is 1. The molecule has 0 unspecified atom stereocenters. The molecule has 0 saturated heterocycles. The quantitative estimate of drug-likeness (QED) is 0.393. The summed E-state index contributed by atoms with van der Waals surface area (Å²) in [5.41, 5.74) is 8.68. The van der Waals surface area contributed by atoms with E-state index in [-0.39, 0.29) is 5.84 Å². The molecule has 0 aliphatic carbocycles. The molecule has 2 rings (SSSR count). The van der Waals surface area contributed by atoms with Gasteiger partial charge in [0.15, 0.2) is 5.84 Å². The van der Waals surface area contributed by atoms with Crippen LogP contribution in [0.2, 0.25) is 5.02 Å². The van der Waals surface area contributed by atoms with Gasteiger partial charge < -0.3 is 15.7 Å². The van der Waals surface area contributed by atoms with Crippen LogP contribution >= 0.6 is 11.6 Å². The Morgan fingerprint density at radius 1 is 1.19 bits per heavy atom. The molecule has 0 fully saturated rings. The van der Waals surface area contributed by atoms with Gasteiger partial charge in [0.1, 0.15) is 5.75 Å². The molecule has 6 heteroatoms. The molecule has 0 radical (unpaired) electrons. The van der Waals surface area contributed by atoms with Crippen molar-refractivity contribution < 1.29 is 9.94 Å². The van der Waals surface area contributed by atoms with Crippen molar-refractivity contribution in [2.45, 2.75) is 20.8 Å². The third-order valence-electron chi connectivity index (χ3n) is 2.97. The Morgan fingerprint density at radius 2 is 1.81 bits per heavy atom. The highest BCUT2D eigenvalue weighted by Crippen LogP contribution is 2.31. The molecule has 1 aromatic heterocycles. The summed E-state index contributed by atoms with van der Waals surface area (Å²) in [5.74, 6) is 1.09. The number of hydrogen-bond acceptors (Lipinski definition) is 4. The van der Waals surface area contributed by atoms with Crippen LogP contribution in [0.3, 0.4) is 0 Å². The summed E-state index contributed by atoms with van der Waals surface area (Å²) in [7, 11) is 0. The number of nitrogens with zero attached hydrogens (tertiary/aromatic N) is 2. The van der Waals surface area contributed by atoms with Crippen LogP contribution < -0.4 is 10.5 Å². The average Bonchev–Trinajstić information content (AvgIpc) is 2.41. The number of nitrogens with two attached hydrogens (primary N) is 1. The van der Waals surface area contributed by atoms with Gasteiger partial charge in [0.05, 0.1) is 0 Å². The minimum Gasteiger partial charge on any atom is -0.438 e. The highest BCUT2D eigenvalue weighted by molar-refractivity contribution is 6.30. The van der Waals surface area contributed by atoms with Crippen molar-refractivity contribution in [1.29, 1.82) is 0 Å². The minimum atomic E-state index is 0.00917. The van der Waals surface area contributed by atoms with Crippen LogP contribution in [0.5, 0.6) is 11.6 Å². The minimum absolute atomic E-state index is 0.00917. The summed E-state index contributed by atoms with van der Waals surface area (Å²) in [4.78, 5) is 4.30. The average molecular weight is 306 g/mol. The summed E-state index contributed by atoms with van der Waals surface area (Å²) in [6.45, 7) is 5.63. The van der Waals surface area contributed by atoms with Gasteiger partial charge in [0.2, 0.25) is 5.88 Å². The van der Waals surface area contributed by atoms with Crippen molar-refractivity contribution in [3.05, 3.63) is 51.7 Å². The predicted octanol–water partition coefficient (Wildman–Crippen LogP) is 3.55. The first kappa shape index (κ1) is 15.1. The van der Waals surface area contributed by atoms with Crippen molar-refractivity contribution >= 4 is 17.4 Å². The number of hydrogen-bond donors (Lipinski definition) is 2. The predicted molar refractivity (Wildman–Crippen MR) is 82.5 cm³/mol. The van der Waals surface area contributed by atoms with Crippen LogP contribution in [-0.2, 0) is 0 Å². The largest absolute Gasteiger partial charge is 0.438 e. The van der Waals surface area contributed by atoms with Crippen molar-refractivity contribution in [1.82, 2.24) is 4.98 Å². The second-order valence-corrected chi connectivity index (χ2v) is 5.23. The highest BCUT2D eigenvalue weighted by Gasteiger charge is 2.10. The first-order chi connectivity index (χ1) is 9.90. The second-order valence-electron chi connectivity index (χ2n) is 4.79. The lowest BCUT2D eigenvalue weighted by Gasteiger charge is -2.13. The lowest BCUT2D eigenvalue weighted by atomic mass is 10.1. The number of ether oxygens (including phenoxy) is 1. The fourth-order valence-electron chi connectivity index (χ4n) is 2.06. The van der Waals surface area contributed by atoms with E-state index < -0.39 is 0 Å². The molecule has 3 N–H and O–H groups in total. The van der Waals surface area contributed by atoms with Crippen LogP contribution in [0.4, 0.5) is 0 Å². The Morgan fingerprint density at radius 3 is 2.38 bits per heavy atom. The molecular formula is C15H16ClN3O2. The number of benzene rings is 1. The van der Waals surface area contributed by atoms with Crippen molar-refractivity contribution in [2.75, 3.05) is 0 Å². The fraction of sp³-hybridized carbons (Fsp3) is 0.200. The van der Waals surface area contributed by atoms with Crippen LogP contribution in [0.15, 0.2) is 29.4 Å². The summed E-state index contributed by atoms with van der Waals surface area (Å²) in [6, 6.07) is 6.98. The Hall–Kier alpha value is -2.27. The maximum absolute atomic E-state index is 8.77. The second kappa shape index (κ2) is 6.01. The summed E-state index contributed by atoms with van der Waals surface area (Å²) in [5, 5.41) is 12.4. The molecule has 0 aliphatic heterocycles. The normalized spacial score (nSPS) is 11.5. The van der Waals surface area contributed by atoms with E-state index in [9.17, 15) is 0 Å². The van der Waals surface area contributed by atoms with Gasteiger partial charge in [-0.25, -0.2) is 4.98 Å². The molecular weight excluding hydrogens is 290 g/mol. The molecule has 1 aromatic carbocycles. The zero-order valence-electron chi connectivity index (χ0n) is 12.0. The van der Waals surface area contributed by atoms with E-state index in [0.29, 0.717) is 27.9 Å². The van der Waals surface area contributed by atoms with Gasteiger partial charge in [0, 0.05) is 22.3 Å². The van der Waals surface area contributed by atoms with Gasteiger partial charge >= 0.3 is 0 Å². The Bertz CT molecular complexity index is 691. The summed E-state index contributed by atoms with van der Waals surface area (Å²) >= 11 is 6.00. The number of amidine groups is 1. The van der Waals surface area contributed by atoms with Crippen molar-refractivity contribution in [2.24, 2.45) is 10.9 Å². The van der Waals surface area contributed by atoms with E-state index in [1.165, 1.54) is 0 Å². The first-order valence-electron chi connectivity index (χ1n) is 6.32. The van der Waals surface area contributed by atoms with Crippen LogP contribution in [0.1, 0.15) is 22.4 Å². The lowest BCUT2D eigenvalue weighted by molar-refractivity contribution is 0.318. The number of oxime groups is 1. The molecule has 2 aromatic rings. The molecule has 0 aliphatic rings. The number of rotatable bonds is 3. The molecule has 1 heterocycles. The Balaban J connectivity index is 2.43. The molecule has 0 amide bonds. The maximum Gasteiger partial charge on any atom is 0.220 e. The topological polar surface area (TPSA) is 80.7 Å². The third kappa shape index (κ3) is 3.44. The van der Waals surface area contributed by atoms with Crippen molar-refractivity contribution in [3.63, 3.8) is 0 Å². The summed E-state index contributed by atoms with van der Waals surface area (Å²) in [6.07, 6.45) is 0. The fourth-order valence-corrected chi connectivity index (χ4v) is 2.39. The Kier molecular flexibility index (Phi) is 4.33. The van der Waals surface area contributed by atoms with Crippen molar-refractivity contribution in [3.8, 4) is 11.6 Å². The van der Waals surface area contributed by atoms with Crippen LogP contribution in [0.25, 0.3) is 0 Å². The Labute approximate surface area is 128 Å². The lowest BCUT2D eigenvalue weighted by Crippen LogP contribution is -2.13. The number of pyridine rings is 1. The van der Waals surface area contributed by atoms with Gasteiger partial charge in [-0.3, -0.25) is 0 Å². The SMILES string of the molecule is Cc1cc(/C(N)=N/O)cc(Oc2c(C)cc(Cl)cc2C)n1. The number of aromatic nitrogens is 1. The van der Waals surface area contributed by atoms with E-state index >= 15 is 0 Å². The maximum atomic E-state index is 8.77. The molecule has 5 nitrogen and oxygen atoms in total. The molecule has 110 valence electrons. The molecule has 0 saturated carbocycles. The van der Waals surface area contributed by atoms with Crippen LogP contribution in [0, 0.1) is 20.8 Å². The molecule has 0 spiro atoms. The van der Waals surface area contributed by atoms with Gasteiger partial charge in [-0.15, -0.1) is 0 Å². The zero-order chi connectivity index (χ0) is 15.6. The van der Waals surface area contributed by atoms with E-state index in [1.54, 1.807) is 12.1 Å².